The number of allylic oxidation sites excluding steroid dienone is 9. The molecule has 0 unspecified atom stereocenters. The molecule has 0 amide bonds. The molecule has 1 aromatic rings. The zero-order chi connectivity index (χ0) is 33.2. The summed E-state index contributed by atoms with van der Waals surface area (Å²) in [6.07, 6.45) is 10.4. The molecule has 0 spiro atoms. The molecule has 4 atom stereocenters. The van der Waals surface area contributed by atoms with Crippen molar-refractivity contribution in [3.05, 3.63) is 75.9 Å². The summed E-state index contributed by atoms with van der Waals surface area (Å²) in [5, 5.41) is 31.8. The smallest absolute Gasteiger partial charge is 0.184 e. The van der Waals surface area contributed by atoms with Crippen LogP contribution in [-0.2, 0) is 14.4 Å². The number of rotatable bonds is 10. The Morgan fingerprint density at radius 3 is 1.91 bits per heavy atom. The average molecular weight is 603 g/mol. The molecule has 2 fully saturated rings. The van der Waals surface area contributed by atoms with Gasteiger partial charge in [-0.05, 0) is 123 Å². The van der Waals surface area contributed by atoms with Crippen molar-refractivity contribution >= 4 is 23.1 Å². The Hall–Kier alpha value is -3.67. The van der Waals surface area contributed by atoms with Gasteiger partial charge in [-0.2, -0.15) is 0 Å². The molecule has 44 heavy (non-hydrogen) atoms. The molecule has 2 bridgehead atoms. The summed E-state index contributed by atoms with van der Waals surface area (Å²) in [5.74, 6) is -3.32. The summed E-state index contributed by atoms with van der Waals surface area (Å²) in [6, 6.07) is 3.67. The first kappa shape index (κ1) is 34.8. The SMILES string of the molecule is CC(C)=CCC[C@@]1(C)[C@@H](CC=C(C)C)C[C@@]2(CC=C(C)C)C(=O)/C(=C(\O)c3ccc(O)c(O)c3)C(=O)[C@]1(CC=C(C)C)C2=O. The normalized spacial score (nSPS) is 27.4. The molecule has 3 rings (SSSR count). The highest BCUT2D eigenvalue weighted by Gasteiger charge is 2.74. The predicted molar refractivity (Wildman–Crippen MR) is 176 cm³/mol. The van der Waals surface area contributed by atoms with Crippen LogP contribution in [0.4, 0.5) is 0 Å². The zero-order valence-electron chi connectivity index (χ0n) is 27.9. The van der Waals surface area contributed by atoms with Gasteiger partial charge in [0.25, 0.3) is 0 Å². The van der Waals surface area contributed by atoms with Crippen molar-refractivity contribution in [2.24, 2.45) is 22.2 Å². The highest BCUT2D eigenvalue weighted by Crippen LogP contribution is 2.67. The van der Waals surface area contributed by atoms with E-state index in [4.69, 9.17) is 0 Å². The van der Waals surface area contributed by atoms with Crippen LogP contribution in [0.5, 0.6) is 11.5 Å². The first-order chi connectivity index (χ1) is 20.4. The Balaban J connectivity index is 2.51. The van der Waals surface area contributed by atoms with Gasteiger partial charge in [-0.3, -0.25) is 14.4 Å². The van der Waals surface area contributed by atoms with Gasteiger partial charge in [0.15, 0.2) is 28.8 Å². The van der Waals surface area contributed by atoms with Crippen molar-refractivity contribution in [1.82, 2.24) is 0 Å². The van der Waals surface area contributed by atoms with E-state index in [1.807, 2.05) is 74.5 Å². The van der Waals surface area contributed by atoms with Crippen LogP contribution in [0.3, 0.4) is 0 Å². The average Bonchev–Trinajstić information content (AvgIpc) is 2.92. The standard InChI is InChI=1S/C38H50O6/c1-23(2)11-10-18-36(9)28(14-12-24(3)4)22-37(19-16-25(5)6)33(42)31(32(41)27-13-15-29(39)30(40)21-27)34(43)38(36,35(37)44)20-17-26(7)8/h11-13,15-17,21,28,39-41H,10,14,18-20,22H2,1-9H3/b32-31+/t28-,36-,37-,38+/m0/s1. The monoisotopic (exact) mass is 602 g/mol. The minimum atomic E-state index is -1.61. The molecule has 2 saturated carbocycles. The number of aromatic hydroxyl groups is 2. The Morgan fingerprint density at radius 1 is 0.795 bits per heavy atom. The highest BCUT2D eigenvalue weighted by molar-refractivity contribution is 6.41. The lowest BCUT2D eigenvalue weighted by Gasteiger charge is -2.61. The van der Waals surface area contributed by atoms with Gasteiger partial charge in [0.05, 0.1) is 5.41 Å². The molecule has 1 aromatic carbocycles. The number of hydrogen-bond acceptors (Lipinski definition) is 6. The number of carbonyl (C=O) groups is 3. The van der Waals surface area contributed by atoms with Gasteiger partial charge in [-0.25, -0.2) is 0 Å². The van der Waals surface area contributed by atoms with Crippen LogP contribution in [0.2, 0.25) is 0 Å². The van der Waals surface area contributed by atoms with Crippen molar-refractivity contribution in [2.45, 2.75) is 101 Å². The van der Waals surface area contributed by atoms with Gasteiger partial charge in [0, 0.05) is 5.56 Å². The quantitative estimate of drug-likeness (QED) is 0.0616. The number of Topliss-reactive ketones (excluding diaryl/α,β-unsaturated/α-hetero) is 3. The van der Waals surface area contributed by atoms with Crippen LogP contribution < -0.4 is 0 Å². The van der Waals surface area contributed by atoms with Crippen molar-refractivity contribution < 1.29 is 29.7 Å². The van der Waals surface area contributed by atoms with Crippen LogP contribution >= 0.6 is 0 Å². The molecule has 0 aromatic heterocycles. The Labute approximate surface area is 263 Å². The molecular formula is C38H50O6. The fourth-order valence-electron chi connectivity index (χ4n) is 7.12. The van der Waals surface area contributed by atoms with E-state index in [-0.39, 0.29) is 36.5 Å². The maximum atomic E-state index is 15.2. The number of phenolic OH excluding ortho intramolecular Hbond substituents is 2. The second-order valence-electron chi connectivity index (χ2n) is 14.0. The number of phenols is 2. The summed E-state index contributed by atoms with van der Waals surface area (Å²) in [4.78, 5) is 45.0. The minimum Gasteiger partial charge on any atom is -0.506 e. The van der Waals surface area contributed by atoms with Crippen LogP contribution in [0, 0.1) is 22.2 Å². The maximum absolute atomic E-state index is 15.2. The van der Waals surface area contributed by atoms with Gasteiger partial charge in [0.1, 0.15) is 16.7 Å². The van der Waals surface area contributed by atoms with Crippen LogP contribution in [0.25, 0.3) is 5.76 Å². The Kier molecular flexibility index (Phi) is 10.4. The number of aliphatic hydroxyl groups is 1. The third-order valence-corrected chi connectivity index (χ3v) is 9.76. The molecule has 0 saturated heterocycles. The van der Waals surface area contributed by atoms with Gasteiger partial charge >= 0.3 is 0 Å². The van der Waals surface area contributed by atoms with Crippen LogP contribution in [0.15, 0.2) is 70.4 Å². The molecule has 0 radical (unpaired) electrons. The number of ketones is 3. The molecule has 238 valence electrons. The Morgan fingerprint density at radius 2 is 1.36 bits per heavy atom. The zero-order valence-corrected chi connectivity index (χ0v) is 27.9. The van der Waals surface area contributed by atoms with Crippen molar-refractivity contribution in [2.75, 3.05) is 0 Å². The van der Waals surface area contributed by atoms with Gasteiger partial charge in [0.2, 0.25) is 0 Å². The number of carbonyl (C=O) groups excluding carboxylic acids is 3. The predicted octanol–water partition coefficient (Wildman–Crippen LogP) is 8.90. The molecule has 6 nitrogen and oxygen atoms in total. The minimum absolute atomic E-state index is 0.0199. The van der Waals surface area contributed by atoms with Crippen LogP contribution in [0.1, 0.15) is 106 Å². The first-order valence-corrected chi connectivity index (χ1v) is 15.6. The molecular weight excluding hydrogens is 552 g/mol. The van der Waals surface area contributed by atoms with E-state index in [1.54, 1.807) is 0 Å². The lowest BCUT2D eigenvalue weighted by atomic mass is 9.37. The fourth-order valence-corrected chi connectivity index (χ4v) is 7.12. The molecule has 0 heterocycles. The number of benzene rings is 1. The van der Waals surface area contributed by atoms with Crippen molar-refractivity contribution in [3.8, 4) is 11.5 Å². The second-order valence-corrected chi connectivity index (χ2v) is 14.0. The van der Waals surface area contributed by atoms with E-state index >= 15 is 9.59 Å². The second kappa shape index (κ2) is 13.1. The maximum Gasteiger partial charge on any atom is 0.184 e. The van der Waals surface area contributed by atoms with Crippen LogP contribution in [-0.4, -0.2) is 32.7 Å². The third kappa shape index (κ3) is 6.13. The third-order valence-electron chi connectivity index (χ3n) is 9.76. The molecule has 6 heteroatoms. The summed E-state index contributed by atoms with van der Waals surface area (Å²) in [6.45, 7) is 17.8. The summed E-state index contributed by atoms with van der Waals surface area (Å²) in [5.41, 5.74) is -0.210. The number of aliphatic hydroxyl groups excluding tert-OH is 1. The largest absolute Gasteiger partial charge is 0.506 e. The Bertz CT molecular complexity index is 1480. The lowest BCUT2D eigenvalue weighted by Crippen LogP contribution is -2.70. The van der Waals surface area contributed by atoms with E-state index in [1.165, 1.54) is 12.1 Å². The van der Waals surface area contributed by atoms with E-state index in [0.717, 1.165) is 28.4 Å². The van der Waals surface area contributed by atoms with Crippen molar-refractivity contribution in [1.29, 1.82) is 0 Å². The lowest BCUT2D eigenvalue weighted by molar-refractivity contribution is -0.178. The highest BCUT2D eigenvalue weighted by atomic mass is 16.3. The topological polar surface area (TPSA) is 112 Å². The summed E-state index contributed by atoms with van der Waals surface area (Å²) >= 11 is 0. The van der Waals surface area contributed by atoms with Gasteiger partial charge in [-0.1, -0.05) is 53.5 Å². The van der Waals surface area contributed by atoms with E-state index < -0.39 is 50.6 Å². The number of fused-ring (bicyclic) bond motifs is 2. The molecule has 2 aliphatic carbocycles. The van der Waals surface area contributed by atoms with Crippen molar-refractivity contribution in [3.63, 3.8) is 0 Å². The first-order valence-electron chi connectivity index (χ1n) is 15.6. The summed E-state index contributed by atoms with van der Waals surface area (Å²) in [7, 11) is 0. The van der Waals surface area contributed by atoms with Gasteiger partial charge in [-0.15, -0.1) is 0 Å². The molecule has 3 N–H and O–H groups in total. The van der Waals surface area contributed by atoms with E-state index in [0.29, 0.717) is 19.3 Å². The van der Waals surface area contributed by atoms with Gasteiger partial charge < -0.3 is 15.3 Å². The molecule has 0 aliphatic heterocycles. The summed E-state index contributed by atoms with van der Waals surface area (Å²) < 4.78 is 0. The fraction of sp³-hybridized carbons (Fsp3) is 0.500. The molecule has 2 aliphatic rings. The number of hydrogen-bond donors (Lipinski definition) is 3. The van der Waals surface area contributed by atoms with E-state index in [2.05, 4.69) is 12.2 Å². The van der Waals surface area contributed by atoms with E-state index in [9.17, 15) is 20.1 Å².